The Kier molecular flexibility index (Phi) is 7.42. The van der Waals surface area contributed by atoms with Gasteiger partial charge in [-0.05, 0) is 12.1 Å². The number of carbonyl (C=O) groups excluding carboxylic acids is 1. The largest absolute Gasteiger partial charge is 0.489 e. The second-order valence-corrected chi connectivity index (χ2v) is 4.29. The third-order valence-corrected chi connectivity index (χ3v) is 2.61. The molecule has 0 aliphatic heterocycles. The highest BCUT2D eigenvalue weighted by atomic mass is 16.5. The monoisotopic (exact) mass is 305 g/mol. The zero-order chi connectivity index (χ0) is 16.4. The number of ether oxygens (including phenoxy) is 2. The molecule has 1 rings (SSSR count). The van der Waals surface area contributed by atoms with Crippen LogP contribution in [-0.2, 0) is 9.53 Å². The van der Waals surface area contributed by atoms with Crippen molar-refractivity contribution in [3.63, 3.8) is 0 Å². The molecule has 0 fully saturated rings. The molecule has 0 aromatic heterocycles. The first-order valence-electron chi connectivity index (χ1n) is 6.65. The lowest BCUT2D eigenvalue weighted by molar-refractivity contribution is -0.140. The molecule has 22 heavy (non-hydrogen) atoms. The Morgan fingerprint density at radius 3 is 2.55 bits per heavy atom. The summed E-state index contributed by atoms with van der Waals surface area (Å²) in [5.74, 6) is -1.37. The first kappa shape index (κ1) is 17.5. The normalized spacial score (nSPS) is 11.3. The molecule has 1 aromatic rings. The molecule has 0 heterocycles. The lowest BCUT2D eigenvalue weighted by Crippen LogP contribution is -2.44. The molecule has 1 unspecified atom stereocenters. The zero-order valence-corrected chi connectivity index (χ0v) is 12.2. The van der Waals surface area contributed by atoms with Crippen molar-refractivity contribution in [3.8, 4) is 5.75 Å². The summed E-state index contributed by atoms with van der Waals surface area (Å²) in [6.45, 7) is 7.30. The number of carbonyl (C=O) groups is 2. The van der Waals surface area contributed by atoms with Crippen molar-refractivity contribution in [1.82, 2.24) is 5.32 Å². The van der Waals surface area contributed by atoms with E-state index in [9.17, 15) is 9.59 Å². The van der Waals surface area contributed by atoms with Crippen LogP contribution < -0.4 is 10.1 Å². The Morgan fingerprint density at radius 1 is 1.23 bits per heavy atom. The molecule has 0 bridgehead atoms. The van der Waals surface area contributed by atoms with Crippen molar-refractivity contribution in [2.75, 3.05) is 19.8 Å². The van der Waals surface area contributed by atoms with Crippen LogP contribution in [0.15, 0.2) is 49.6 Å². The van der Waals surface area contributed by atoms with Gasteiger partial charge in [0.25, 0.3) is 5.91 Å². The Balaban J connectivity index is 2.78. The van der Waals surface area contributed by atoms with Crippen LogP contribution in [0, 0.1) is 0 Å². The second-order valence-electron chi connectivity index (χ2n) is 4.29. The summed E-state index contributed by atoms with van der Waals surface area (Å²) in [5.41, 5.74) is 0.249. The van der Waals surface area contributed by atoms with Crippen LogP contribution >= 0.6 is 0 Å². The minimum Gasteiger partial charge on any atom is -0.489 e. The number of nitrogens with one attached hydrogen (secondary N) is 1. The number of carboxylic acid groups (broad SMARTS) is 1. The molecule has 0 aliphatic carbocycles. The van der Waals surface area contributed by atoms with Crippen LogP contribution in [0.5, 0.6) is 5.75 Å². The number of carboxylic acids is 1. The van der Waals surface area contributed by atoms with Gasteiger partial charge in [-0.3, -0.25) is 4.79 Å². The summed E-state index contributed by atoms with van der Waals surface area (Å²) in [5, 5.41) is 11.5. The molecule has 6 nitrogen and oxygen atoms in total. The molecule has 118 valence electrons. The predicted molar refractivity (Wildman–Crippen MR) is 82.0 cm³/mol. The topological polar surface area (TPSA) is 84.9 Å². The standard InChI is InChI=1S/C16H19NO5/c1-3-9-21-11-13(16(19)20)17-15(18)12-7-5-6-8-14(12)22-10-4-2/h3-8,13H,1-2,9-11H2,(H,17,18)(H,19,20). The molecule has 0 saturated carbocycles. The van der Waals surface area contributed by atoms with E-state index < -0.39 is 17.9 Å². The number of rotatable bonds is 10. The summed E-state index contributed by atoms with van der Waals surface area (Å²) in [6.07, 6.45) is 3.05. The Bertz CT molecular complexity index is 541. The molecule has 0 radical (unpaired) electrons. The Morgan fingerprint density at radius 2 is 1.91 bits per heavy atom. The lowest BCUT2D eigenvalue weighted by Gasteiger charge is -2.16. The smallest absolute Gasteiger partial charge is 0.328 e. The van der Waals surface area contributed by atoms with E-state index in [-0.39, 0.29) is 25.4 Å². The van der Waals surface area contributed by atoms with E-state index in [0.717, 1.165) is 0 Å². The quantitative estimate of drug-likeness (QED) is 0.507. The van der Waals surface area contributed by atoms with Gasteiger partial charge in [0.2, 0.25) is 0 Å². The number of benzene rings is 1. The average Bonchev–Trinajstić information content (AvgIpc) is 2.52. The summed E-state index contributed by atoms with van der Waals surface area (Å²) in [6, 6.07) is 5.41. The molecular weight excluding hydrogens is 286 g/mol. The van der Waals surface area contributed by atoms with Crippen molar-refractivity contribution < 1.29 is 24.2 Å². The van der Waals surface area contributed by atoms with E-state index >= 15 is 0 Å². The van der Waals surface area contributed by atoms with Gasteiger partial charge in [0, 0.05) is 0 Å². The van der Waals surface area contributed by atoms with Gasteiger partial charge in [0.05, 0.1) is 18.8 Å². The van der Waals surface area contributed by atoms with Gasteiger partial charge in [-0.1, -0.05) is 30.9 Å². The first-order chi connectivity index (χ1) is 10.6. The fraction of sp³-hybridized carbons (Fsp3) is 0.250. The van der Waals surface area contributed by atoms with E-state index in [4.69, 9.17) is 14.6 Å². The predicted octanol–water partition coefficient (Wildman–Crippen LogP) is 1.64. The zero-order valence-electron chi connectivity index (χ0n) is 12.2. The fourth-order valence-electron chi connectivity index (χ4n) is 1.61. The Hall–Kier alpha value is -2.60. The minimum atomic E-state index is -1.18. The SMILES string of the molecule is C=CCOCC(NC(=O)c1ccccc1OCC=C)C(=O)O. The third kappa shape index (κ3) is 5.41. The number of aliphatic carboxylic acids is 1. The van der Waals surface area contributed by atoms with Crippen LogP contribution in [0.4, 0.5) is 0 Å². The van der Waals surface area contributed by atoms with Gasteiger partial charge in [0.1, 0.15) is 12.4 Å². The van der Waals surface area contributed by atoms with Gasteiger partial charge < -0.3 is 19.9 Å². The van der Waals surface area contributed by atoms with Crippen molar-refractivity contribution in [1.29, 1.82) is 0 Å². The summed E-state index contributed by atoms with van der Waals surface area (Å²) < 4.78 is 10.5. The highest BCUT2D eigenvalue weighted by Gasteiger charge is 2.22. The summed E-state index contributed by atoms with van der Waals surface area (Å²) >= 11 is 0. The van der Waals surface area contributed by atoms with E-state index in [1.807, 2.05) is 0 Å². The van der Waals surface area contributed by atoms with Crippen LogP contribution in [0.3, 0.4) is 0 Å². The third-order valence-electron chi connectivity index (χ3n) is 2.61. The molecule has 0 spiro atoms. The van der Waals surface area contributed by atoms with Crippen LogP contribution in [0.1, 0.15) is 10.4 Å². The van der Waals surface area contributed by atoms with Gasteiger partial charge in [-0.2, -0.15) is 0 Å². The van der Waals surface area contributed by atoms with Crippen LogP contribution in [0.25, 0.3) is 0 Å². The number of hydrogen-bond acceptors (Lipinski definition) is 4. The van der Waals surface area contributed by atoms with Crippen molar-refractivity contribution in [2.24, 2.45) is 0 Å². The second kappa shape index (κ2) is 9.36. The van der Waals surface area contributed by atoms with E-state index in [0.29, 0.717) is 5.75 Å². The van der Waals surface area contributed by atoms with Crippen LogP contribution in [0.2, 0.25) is 0 Å². The molecular formula is C16H19NO5. The molecule has 0 aliphatic rings. The molecule has 1 aromatic carbocycles. The molecule has 6 heteroatoms. The maximum Gasteiger partial charge on any atom is 0.328 e. The molecule has 1 atom stereocenters. The molecule has 0 saturated heterocycles. The van der Waals surface area contributed by atoms with E-state index in [1.54, 1.807) is 30.3 Å². The maximum atomic E-state index is 12.2. The molecule has 2 N–H and O–H groups in total. The van der Waals surface area contributed by atoms with Crippen molar-refractivity contribution in [3.05, 3.63) is 55.1 Å². The number of para-hydroxylation sites is 1. The van der Waals surface area contributed by atoms with Gasteiger partial charge in [-0.25, -0.2) is 4.79 Å². The number of hydrogen-bond donors (Lipinski definition) is 2. The van der Waals surface area contributed by atoms with E-state index in [1.165, 1.54) is 6.08 Å². The molecule has 1 amide bonds. The van der Waals surface area contributed by atoms with Gasteiger partial charge >= 0.3 is 5.97 Å². The van der Waals surface area contributed by atoms with E-state index in [2.05, 4.69) is 18.5 Å². The van der Waals surface area contributed by atoms with Gasteiger partial charge in [0.15, 0.2) is 6.04 Å². The first-order valence-corrected chi connectivity index (χ1v) is 6.65. The summed E-state index contributed by atoms with van der Waals surface area (Å²) in [4.78, 5) is 23.4. The lowest BCUT2D eigenvalue weighted by atomic mass is 10.1. The average molecular weight is 305 g/mol. The number of amides is 1. The van der Waals surface area contributed by atoms with Crippen molar-refractivity contribution >= 4 is 11.9 Å². The minimum absolute atomic E-state index is 0.150. The van der Waals surface area contributed by atoms with Crippen LogP contribution in [-0.4, -0.2) is 42.8 Å². The maximum absolute atomic E-state index is 12.2. The Labute approximate surface area is 129 Å². The highest BCUT2D eigenvalue weighted by Crippen LogP contribution is 2.18. The fourth-order valence-corrected chi connectivity index (χ4v) is 1.61. The summed E-state index contributed by atoms with van der Waals surface area (Å²) in [7, 11) is 0. The van der Waals surface area contributed by atoms with Crippen molar-refractivity contribution in [2.45, 2.75) is 6.04 Å². The van der Waals surface area contributed by atoms with Gasteiger partial charge in [-0.15, -0.1) is 6.58 Å². The highest BCUT2D eigenvalue weighted by molar-refractivity contribution is 5.98.